The number of amides is 1. The lowest BCUT2D eigenvalue weighted by molar-refractivity contribution is -0.130. The molecular formula is C6H13N3OS. The van der Waals surface area contributed by atoms with Gasteiger partial charge in [-0.05, 0) is 19.1 Å². The third kappa shape index (κ3) is 3.77. The van der Waals surface area contributed by atoms with Crippen LogP contribution in [0.15, 0.2) is 0 Å². The summed E-state index contributed by atoms with van der Waals surface area (Å²) in [5.41, 5.74) is 5.18. The number of nitrogens with one attached hydrogen (secondary N) is 1. The van der Waals surface area contributed by atoms with Crippen molar-refractivity contribution in [3.63, 3.8) is 0 Å². The van der Waals surface area contributed by atoms with E-state index in [1.165, 1.54) is 4.90 Å². The van der Waals surface area contributed by atoms with Crippen molar-refractivity contribution in [1.29, 1.82) is 0 Å². The maximum absolute atomic E-state index is 11.1. The minimum absolute atomic E-state index is 0.0437. The monoisotopic (exact) mass is 175 g/mol. The summed E-state index contributed by atoms with van der Waals surface area (Å²) < 4.78 is 0. The highest BCUT2D eigenvalue weighted by Crippen LogP contribution is 1.87. The Morgan fingerprint density at radius 1 is 1.64 bits per heavy atom. The molecule has 0 aliphatic carbocycles. The van der Waals surface area contributed by atoms with Crippen molar-refractivity contribution >= 4 is 23.2 Å². The van der Waals surface area contributed by atoms with Crippen LogP contribution in [0.5, 0.6) is 0 Å². The van der Waals surface area contributed by atoms with Crippen LogP contribution in [0.4, 0.5) is 0 Å². The molecule has 0 saturated heterocycles. The van der Waals surface area contributed by atoms with Gasteiger partial charge in [-0.25, -0.2) is 0 Å². The molecule has 64 valence electrons. The quantitative estimate of drug-likeness (QED) is 0.545. The number of nitrogens with two attached hydrogens (primary N) is 1. The second kappa shape index (κ2) is 4.12. The predicted molar refractivity (Wildman–Crippen MR) is 48.1 cm³/mol. The summed E-state index contributed by atoms with van der Waals surface area (Å²) in [5.74, 6) is -0.0437. The van der Waals surface area contributed by atoms with Gasteiger partial charge in [-0.3, -0.25) is 4.79 Å². The van der Waals surface area contributed by atoms with Crippen molar-refractivity contribution in [1.82, 2.24) is 10.2 Å². The lowest BCUT2D eigenvalue weighted by atomic mass is 10.3. The molecular weight excluding hydrogens is 162 g/mol. The zero-order chi connectivity index (χ0) is 9.02. The largest absolute Gasteiger partial charge is 0.376 e. The van der Waals surface area contributed by atoms with Crippen molar-refractivity contribution in [2.24, 2.45) is 5.73 Å². The summed E-state index contributed by atoms with van der Waals surface area (Å²) >= 11 is 4.57. The van der Waals surface area contributed by atoms with Gasteiger partial charge in [0, 0.05) is 14.1 Å². The zero-order valence-electron chi connectivity index (χ0n) is 6.92. The van der Waals surface area contributed by atoms with E-state index in [-0.39, 0.29) is 17.1 Å². The molecule has 0 aromatic carbocycles. The number of hydrogen-bond acceptors (Lipinski definition) is 2. The van der Waals surface area contributed by atoms with Gasteiger partial charge in [0.1, 0.15) is 6.04 Å². The van der Waals surface area contributed by atoms with Crippen molar-refractivity contribution < 1.29 is 4.79 Å². The van der Waals surface area contributed by atoms with Crippen LogP contribution in [-0.2, 0) is 4.79 Å². The van der Waals surface area contributed by atoms with Crippen molar-refractivity contribution in [3.05, 3.63) is 0 Å². The fraction of sp³-hybridized carbons (Fsp3) is 0.667. The predicted octanol–water partition coefficient (Wildman–Crippen LogP) is -0.704. The van der Waals surface area contributed by atoms with Gasteiger partial charge in [0.25, 0.3) is 0 Å². The van der Waals surface area contributed by atoms with Crippen LogP contribution in [-0.4, -0.2) is 36.1 Å². The van der Waals surface area contributed by atoms with Gasteiger partial charge in [-0.15, -0.1) is 0 Å². The van der Waals surface area contributed by atoms with E-state index in [4.69, 9.17) is 5.73 Å². The summed E-state index contributed by atoms with van der Waals surface area (Å²) in [7, 11) is 3.36. The lowest BCUT2D eigenvalue weighted by Crippen LogP contribution is -2.46. The smallest absolute Gasteiger partial charge is 0.244 e. The van der Waals surface area contributed by atoms with E-state index in [2.05, 4.69) is 17.5 Å². The van der Waals surface area contributed by atoms with E-state index < -0.39 is 0 Å². The molecule has 3 N–H and O–H groups in total. The Labute approximate surface area is 71.7 Å². The molecule has 5 heteroatoms. The Kier molecular flexibility index (Phi) is 3.81. The number of carbonyl (C=O) groups excluding carboxylic acids is 1. The van der Waals surface area contributed by atoms with Crippen LogP contribution in [0.25, 0.3) is 0 Å². The van der Waals surface area contributed by atoms with Gasteiger partial charge in [0.2, 0.25) is 5.91 Å². The van der Waals surface area contributed by atoms with Crippen LogP contribution in [0.3, 0.4) is 0 Å². The molecule has 1 amide bonds. The first-order valence-corrected chi connectivity index (χ1v) is 3.63. The minimum Gasteiger partial charge on any atom is -0.376 e. The molecule has 0 aliphatic rings. The highest BCUT2D eigenvalue weighted by molar-refractivity contribution is 7.80. The van der Waals surface area contributed by atoms with Crippen LogP contribution in [0.2, 0.25) is 0 Å². The summed E-state index contributed by atoms with van der Waals surface area (Å²) in [5, 5.41) is 2.79. The topological polar surface area (TPSA) is 58.4 Å². The molecule has 1 unspecified atom stereocenters. The van der Waals surface area contributed by atoms with Crippen molar-refractivity contribution in [3.8, 4) is 0 Å². The van der Waals surface area contributed by atoms with E-state index in [0.717, 1.165) is 0 Å². The molecule has 0 aromatic rings. The van der Waals surface area contributed by atoms with Crippen LogP contribution < -0.4 is 11.1 Å². The first kappa shape index (κ1) is 10.2. The minimum atomic E-state index is -0.345. The van der Waals surface area contributed by atoms with E-state index in [9.17, 15) is 4.79 Å². The Hall–Kier alpha value is -0.840. The van der Waals surface area contributed by atoms with Gasteiger partial charge >= 0.3 is 0 Å². The molecule has 0 aliphatic heterocycles. The number of rotatable bonds is 2. The van der Waals surface area contributed by atoms with Gasteiger partial charge in [-0.1, -0.05) is 0 Å². The van der Waals surface area contributed by atoms with E-state index in [1.807, 2.05) is 0 Å². The van der Waals surface area contributed by atoms with Crippen LogP contribution in [0.1, 0.15) is 6.92 Å². The number of thiocarbonyl (C=S) groups is 1. The molecule has 0 bridgehead atoms. The van der Waals surface area contributed by atoms with Gasteiger partial charge in [0.05, 0.1) is 0 Å². The molecule has 0 radical (unpaired) electrons. The molecule has 11 heavy (non-hydrogen) atoms. The first-order valence-electron chi connectivity index (χ1n) is 3.22. The molecule has 0 spiro atoms. The molecule has 0 heterocycles. The zero-order valence-corrected chi connectivity index (χ0v) is 7.73. The van der Waals surface area contributed by atoms with Crippen molar-refractivity contribution in [2.75, 3.05) is 14.1 Å². The average Bonchev–Trinajstić information content (AvgIpc) is 1.84. The van der Waals surface area contributed by atoms with Gasteiger partial charge in [0.15, 0.2) is 5.11 Å². The molecule has 0 fully saturated rings. The van der Waals surface area contributed by atoms with Crippen molar-refractivity contribution in [2.45, 2.75) is 13.0 Å². The first-order chi connectivity index (χ1) is 4.95. The number of likely N-dealkylation sites (N-methyl/N-ethyl adjacent to an activating group) is 1. The maximum Gasteiger partial charge on any atom is 0.244 e. The fourth-order valence-corrected chi connectivity index (χ4v) is 0.839. The van der Waals surface area contributed by atoms with E-state index in [1.54, 1.807) is 21.0 Å². The van der Waals surface area contributed by atoms with E-state index >= 15 is 0 Å². The summed E-state index contributed by atoms with van der Waals surface area (Å²) in [4.78, 5) is 12.6. The molecule has 0 saturated carbocycles. The Morgan fingerprint density at radius 3 is 2.36 bits per heavy atom. The number of carbonyl (C=O) groups is 1. The summed E-state index contributed by atoms with van der Waals surface area (Å²) in [6.45, 7) is 1.71. The van der Waals surface area contributed by atoms with Gasteiger partial charge < -0.3 is 16.0 Å². The number of nitrogens with zero attached hydrogens (tertiary/aromatic N) is 1. The number of hydrogen-bond donors (Lipinski definition) is 2. The highest BCUT2D eigenvalue weighted by Gasteiger charge is 2.13. The molecule has 4 nitrogen and oxygen atoms in total. The highest BCUT2D eigenvalue weighted by atomic mass is 32.1. The molecule has 0 aromatic heterocycles. The second-order valence-corrected chi connectivity index (χ2v) is 2.90. The average molecular weight is 175 g/mol. The lowest BCUT2D eigenvalue weighted by Gasteiger charge is -2.17. The van der Waals surface area contributed by atoms with Gasteiger partial charge in [-0.2, -0.15) is 0 Å². The third-order valence-corrected chi connectivity index (χ3v) is 1.29. The summed E-state index contributed by atoms with van der Waals surface area (Å²) in [6.07, 6.45) is 0. The normalized spacial score (nSPS) is 11.9. The van der Waals surface area contributed by atoms with Crippen LogP contribution in [0, 0.1) is 0 Å². The SMILES string of the molecule is CC(NC(N)=S)C(=O)N(C)C. The Morgan fingerprint density at radius 2 is 2.09 bits per heavy atom. The van der Waals surface area contributed by atoms with Crippen LogP contribution >= 0.6 is 12.2 Å². The maximum atomic E-state index is 11.1. The Balaban J connectivity index is 3.93. The second-order valence-electron chi connectivity index (χ2n) is 2.46. The standard InChI is InChI=1S/C6H13N3OS/c1-4(8-6(7)11)5(10)9(2)3/h4H,1-3H3,(H3,7,8,11). The molecule has 1 atom stereocenters. The van der Waals surface area contributed by atoms with E-state index in [0.29, 0.717) is 0 Å². The fourth-order valence-electron chi connectivity index (χ4n) is 0.662. The molecule has 0 rings (SSSR count). The summed E-state index contributed by atoms with van der Waals surface area (Å²) in [6, 6.07) is -0.345. The third-order valence-electron chi connectivity index (χ3n) is 1.17. The Bertz CT molecular complexity index is 169.